The number of ketones is 2. The lowest BCUT2D eigenvalue weighted by molar-refractivity contribution is -0.123. The van der Waals surface area contributed by atoms with E-state index < -0.39 is 11.7 Å². The maximum atomic E-state index is 13.0. The average Bonchev–Trinajstić information content (AvgIpc) is 3.17. The minimum atomic E-state index is -0.872. The highest BCUT2D eigenvalue weighted by molar-refractivity contribution is 7.11. The van der Waals surface area contributed by atoms with Gasteiger partial charge in [-0.05, 0) is 37.6 Å². The zero-order valence-electron chi connectivity index (χ0n) is 15.0. The molecular formula is C21H16ClFN2O2S. The van der Waals surface area contributed by atoms with Gasteiger partial charge in [0.05, 0.1) is 17.6 Å². The quantitative estimate of drug-likeness (QED) is 0.531. The van der Waals surface area contributed by atoms with Crippen LogP contribution in [0.2, 0.25) is 0 Å². The van der Waals surface area contributed by atoms with E-state index in [1.807, 2.05) is 25.2 Å². The van der Waals surface area contributed by atoms with E-state index in [1.54, 1.807) is 6.08 Å². The van der Waals surface area contributed by atoms with E-state index in [-0.39, 0.29) is 23.9 Å². The maximum Gasteiger partial charge on any atom is 0.175 e. The number of allylic oxidation sites excluding steroid dienone is 5. The monoisotopic (exact) mass is 414 g/mol. The molecule has 0 N–H and O–H groups in total. The number of hydrogen-bond donors (Lipinski definition) is 0. The third-order valence-electron chi connectivity index (χ3n) is 4.83. The molecule has 1 fully saturated rings. The molecule has 7 heteroatoms. The number of thiazole rings is 1. The van der Waals surface area contributed by atoms with E-state index in [2.05, 4.69) is 9.97 Å². The number of rotatable bonds is 3. The molecule has 0 bridgehead atoms. The minimum Gasteiger partial charge on any atom is -0.298 e. The van der Waals surface area contributed by atoms with Crippen molar-refractivity contribution >= 4 is 40.6 Å². The molecule has 4 rings (SSSR count). The Morgan fingerprint density at radius 2 is 2.14 bits per heavy atom. The van der Waals surface area contributed by atoms with Crippen LogP contribution in [0.3, 0.4) is 0 Å². The van der Waals surface area contributed by atoms with Gasteiger partial charge in [0.25, 0.3) is 0 Å². The molecule has 142 valence electrons. The third-order valence-corrected chi connectivity index (χ3v) is 6.23. The molecule has 0 amide bonds. The van der Waals surface area contributed by atoms with Gasteiger partial charge in [0.1, 0.15) is 16.7 Å². The van der Waals surface area contributed by atoms with Gasteiger partial charge in [0, 0.05) is 27.8 Å². The average molecular weight is 415 g/mol. The van der Waals surface area contributed by atoms with Gasteiger partial charge >= 0.3 is 0 Å². The van der Waals surface area contributed by atoms with Crippen molar-refractivity contribution in [1.82, 2.24) is 9.97 Å². The van der Waals surface area contributed by atoms with Crippen molar-refractivity contribution in [3.05, 3.63) is 74.3 Å². The Hall–Kier alpha value is -2.44. The van der Waals surface area contributed by atoms with Crippen molar-refractivity contribution in [2.45, 2.75) is 31.6 Å². The lowest BCUT2D eigenvalue weighted by Crippen LogP contribution is -2.14. The van der Waals surface area contributed by atoms with Crippen LogP contribution in [0, 0.1) is 12.7 Å². The maximum absolute atomic E-state index is 13.0. The molecular weight excluding hydrogens is 399 g/mol. The molecule has 2 heterocycles. The molecule has 2 unspecified atom stereocenters. The molecule has 0 aliphatic heterocycles. The van der Waals surface area contributed by atoms with E-state index in [0.717, 1.165) is 22.5 Å². The summed E-state index contributed by atoms with van der Waals surface area (Å²) in [6.07, 6.45) is 9.19. The summed E-state index contributed by atoms with van der Waals surface area (Å²) >= 11 is 7.48. The number of aryl methyl sites for hydroxylation is 1. The Bertz CT molecular complexity index is 1050. The van der Waals surface area contributed by atoms with Crippen molar-refractivity contribution in [3.63, 3.8) is 0 Å². The number of carbonyl (C=O) groups excluding carboxylic acids is 2. The highest BCUT2D eigenvalue weighted by Gasteiger charge is 2.41. The lowest BCUT2D eigenvalue weighted by atomic mass is 9.99. The van der Waals surface area contributed by atoms with Crippen LogP contribution >= 0.6 is 22.9 Å². The second-order valence-corrected chi connectivity index (χ2v) is 8.47. The molecule has 4 nitrogen and oxygen atoms in total. The largest absolute Gasteiger partial charge is 0.298 e. The highest BCUT2D eigenvalue weighted by Crippen LogP contribution is 2.38. The van der Waals surface area contributed by atoms with Crippen LogP contribution in [0.5, 0.6) is 0 Å². The van der Waals surface area contributed by atoms with Crippen LogP contribution in [0.4, 0.5) is 4.39 Å². The summed E-state index contributed by atoms with van der Waals surface area (Å²) in [6, 6.07) is 2.75. The van der Waals surface area contributed by atoms with Crippen molar-refractivity contribution in [2.75, 3.05) is 0 Å². The molecule has 0 spiro atoms. The van der Waals surface area contributed by atoms with Crippen LogP contribution in [0.1, 0.15) is 46.0 Å². The Labute approximate surface area is 170 Å². The smallest absolute Gasteiger partial charge is 0.175 e. The van der Waals surface area contributed by atoms with Crippen molar-refractivity contribution in [1.29, 1.82) is 0 Å². The molecule has 2 aromatic heterocycles. The predicted octanol–water partition coefficient (Wildman–Crippen LogP) is 4.86. The normalized spacial score (nSPS) is 23.5. The van der Waals surface area contributed by atoms with Gasteiger partial charge in [-0.3, -0.25) is 14.6 Å². The minimum absolute atomic E-state index is 0.0382. The van der Waals surface area contributed by atoms with Crippen molar-refractivity contribution in [3.8, 4) is 0 Å². The molecule has 2 atom stereocenters. The first-order valence-corrected chi connectivity index (χ1v) is 10.0. The van der Waals surface area contributed by atoms with Gasteiger partial charge in [-0.2, -0.15) is 0 Å². The first-order valence-electron chi connectivity index (χ1n) is 8.82. The summed E-state index contributed by atoms with van der Waals surface area (Å²) in [7, 11) is 0. The lowest BCUT2D eigenvalue weighted by Gasteiger charge is -2.10. The van der Waals surface area contributed by atoms with Gasteiger partial charge in [-0.1, -0.05) is 23.8 Å². The molecule has 28 heavy (non-hydrogen) atoms. The second kappa shape index (κ2) is 7.53. The standard InChI is InChI=1S/C21H16ClFN2O2S/c1-11-19(25-21(28-11)12-2-4-14(22)5-3-12)18-17(26)9-13(20(18)27)8-16-7-6-15(23)10-24-16/h2,4-8,10,12,18H,3,9H2,1H3/b13-8-. The van der Waals surface area contributed by atoms with Crippen LogP contribution in [0.15, 0.2) is 47.2 Å². The van der Waals surface area contributed by atoms with Gasteiger partial charge < -0.3 is 0 Å². The topological polar surface area (TPSA) is 59.9 Å². The molecule has 2 aromatic rings. The third kappa shape index (κ3) is 3.62. The van der Waals surface area contributed by atoms with Crippen molar-refractivity contribution < 1.29 is 14.0 Å². The molecule has 0 radical (unpaired) electrons. The molecule has 1 saturated carbocycles. The van der Waals surface area contributed by atoms with E-state index in [1.165, 1.54) is 23.5 Å². The van der Waals surface area contributed by atoms with Crippen LogP contribution in [0.25, 0.3) is 6.08 Å². The summed E-state index contributed by atoms with van der Waals surface area (Å²) in [5, 5.41) is 1.58. The Morgan fingerprint density at radius 1 is 1.32 bits per heavy atom. The van der Waals surface area contributed by atoms with Crippen LogP contribution < -0.4 is 0 Å². The number of aromatic nitrogens is 2. The number of carbonyl (C=O) groups is 2. The molecule has 0 saturated heterocycles. The van der Waals surface area contributed by atoms with E-state index in [0.29, 0.717) is 22.0 Å². The fourth-order valence-electron chi connectivity index (χ4n) is 3.39. The van der Waals surface area contributed by atoms with E-state index >= 15 is 0 Å². The van der Waals surface area contributed by atoms with E-state index in [4.69, 9.17) is 11.6 Å². The first kappa shape index (κ1) is 18.9. The Kier molecular flexibility index (Phi) is 5.08. The fourth-order valence-corrected chi connectivity index (χ4v) is 4.61. The predicted molar refractivity (Wildman–Crippen MR) is 107 cm³/mol. The summed E-state index contributed by atoms with van der Waals surface area (Å²) in [5.74, 6) is -1.64. The molecule has 2 aliphatic rings. The second-order valence-electron chi connectivity index (χ2n) is 6.80. The molecule has 2 aliphatic carbocycles. The highest BCUT2D eigenvalue weighted by atomic mass is 35.5. The van der Waals surface area contributed by atoms with Crippen LogP contribution in [-0.2, 0) is 9.59 Å². The van der Waals surface area contributed by atoms with Gasteiger partial charge in [-0.25, -0.2) is 9.37 Å². The van der Waals surface area contributed by atoms with Crippen LogP contribution in [-0.4, -0.2) is 21.5 Å². The zero-order valence-corrected chi connectivity index (χ0v) is 16.6. The Morgan fingerprint density at radius 3 is 2.82 bits per heavy atom. The number of halogens is 2. The SMILES string of the molecule is Cc1sc(C2C=CC(Cl)=CC2)nc1C1C(=O)C/C(=C/c2ccc(F)cn2)C1=O. The fraction of sp³-hybridized carbons (Fsp3) is 0.238. The summed E-state index contributed by atoms with van der Waals surface area (Å²) in [6.45, 7) is 1.88. The number of hydrogen-bond acceptors (Lipinski definition) is 5. The van der Waals surface area contributed by atoms with Gasteiger partial charge in [-0.15, -0.1) is 11.3 Å². The number of pyridine rings is 1. The van der Waals surface area contributed by atoms with Gasteiger partial charge in [0.2, 0.25) is 0 Å². The van der Waals surface area contributed by atoms with Crippen molar-refractivity contribution in [2.24, 2.45) is 0 Å². The van der Waals surface area contributed by atoms with E-state index in [9.17, 15) is 14.0 Å². The Balaban J connectivity index is 1.61. The first-order chi connectivity index (χ1) is 13.4. The summed E-state index contributed by atoms with van der Waals surface area (Å²) in [4.78, 5) is 35.0. The number of nitrogens with zero attached hydrogens (tertiary/aromatic N) is 2. The molecule has 0 aromatic carbocycles. The summed E-state index contributed by atoms with van der Waals surface area (Å²) in [5.41, 5.74) is 1.37. The zero-order chi connectivity index (χ0) is 19.8. The summed E-state index contributed by atoms with van der Waals surface area (Å²) < 4.78 is 13.0. The number of Topliss-reactive ketones (excluding diaryl/α,β-unsaturated/α-hetero) is 2. The van der Waals surface area contributed by atoms with Gasteiger partial charge in [0.15, 0.2) is 11.6 Å².